The third-order valence-corrected chi connectivity index (χ3v) is 11.3. The Labute approximate surface area is 363 Å². The highest BCUT2D eigenvalue weighted by molar-refractivity contribution is 5.87. The molecule has 0 spiro atoms. The average molecular weight is 828 g/mol. The van der Waals surface area contributed by atoms with Crippen molar-refractivity contribution in [1.29, 1.82) is 0 Å². The zero-order chi connectivity index (χ0) is 42.5. The molecule has 8 rings (SSSR count). The zero-order valence-electron chi connectivity index (χ0n) is 35.0. The van der Waals surface area contributed by atoms with E-state index >= 15 is 0 Å². The standard InChI is InChI=1S/C54H53NO7/c1-39-16-14-26-47-50(39)46(32-41-30-28-40(29-31-41)25-15-27-49(56)57)33-55(47)54-53(61-37-45-23-12-5-13-24-45)52(60-36-44-21-10-4-11-22-44)51(59-35-43-19-8-3-9-20-43)48(62-54)38-58-34-42-17-6-2-7-18-42/h2-26,28-31,33,48,51-54H,27,32,34-38H2,1H3,(H,56,57)/t48-,51-,52+,53-,54-/m1/s1. The second-order valence-electron chi connectivity index (χ2n) is 15.8. The number of aliphatic carboxylic acids is 1. The first-order chi connectivity index (χ1) is 30.5. The van der Waals surface area contributed by atoms with Crippen molar-refractivity contribution in [2.45, 2.75) is 76.8 Å². The van der Waals surface area contributed by atoms with E-state index in [4.69, 9.17) is 28.8 Å². The summed E-state index contributed by atoms with van der Waals surface area (Å²) in [5.41, 5.74) is 9.63. The van der Waals surface area contributed by atoms with Gasteiger partial charge in [-0.2, -0.15) is 0 Å². The van der Waals surface area contributed by atoms with E-state index < -0.39 is 36.6 Å². The van der Waals surface area contributed by atoms with Crippen LogP contribution in [0, 0.1) is 6.92 Å². The summed E-state index contributed by atoms with van der Waals surface area (Å²) in [5, 5.41) is 10.2. The Morgan fingerprint density at radius 2 is 1.15 bits per heavy atom. The number of hydrogen-bond donors (Lipinski definition) is 1. The molecule has 1 N–H and O–H groups in total. The Morgan fingerprint density at radius 3 is 1.71 bits per heavy atom. The first-order valence-corrected chi connectivity index (χ1v) is 21.3. The van der Waals surface area contributed by atoms with Crippen LogP contribution in [0.2, 0.25) is 0 Å². The lowest BCUT2D eigenvalue weighted by molar-refractivity contribution is -0.289. The molecule has 0 saturated carbocycles. The van der Waals surface area contributed by atoms with Crippen LogP contribution in [-0.4, -0.2) is 46.7 Å². The molecule has 0 radical (unpaired) electrons. The van der Waals surface area contributed by atoms with E-state index in [1.807, 2.05) is 91.0 Å². The molecule has 2 heterocycles. The van der Waals surface area contributed by atoms with Crippen LogP contribution in [0.5, 0.6) is 0 Å². The third-order valence-electron chi connectivity index (χ3n) is 11.3. The summed E-state index contributed by atoms with van der Waals surface area (Å²) < 4.78 is 37.1. The highest BCUT2D eigenvalue weighted by Crippen LogP contribution is 2.39. The molecule has 0 bridgehead atoms. The Kier molecular flexibility index (Phi) is 14.5. The molecule has 0 amide bonds. The summed E-state index contributed by atoms with van der Waals surface area (Å²) in [7, 11) is 0. The second-order valence-corrected chi connectivity index (χ2v) is 15.8. The summed E-state index contributed by atoms with van der Waals surface area (Å²) in [6, 6.07) is 55.4. The predicted molar refractivity (Wildman–Crippen MR) is 242 cm³/mol. The van der Waals surface area contributed by atoms with E-state index in [1.165, 1.54) is 0 Å². The fraction of sp³-hybridized carbons (Fsp3) is 0.241. The van der Waals surface area contributed by atoms with E-state index in [0.717, 1.165) is 55.4 Å². The van der Waals surface area contributed by atoms with Crippen LogP contribution in [-0.2, 0) is 61.3 Å². The van der Waals surface area contributed by atoms with E-state index in [1.54, 1.807) is 6.08 Å². The van der Waals surface area contributed by atoms with Crippen molar-refractivity contribution in [2.24, 2.45) is 0 Å². The summed E-state index contributed by atoms with van der Waals surface area (Å²) in [6.45, 7) is 3.89. The topological polar surface area (TPSA) is 88.4 Å². The molecule has 316 valence electrons. The lowest BCUT2D eigenvalue weighted by Gasteiger charge is -2.46. The number of rotatable bonds is 19. The maximum Gasteiger partial charge on any atom is 0.307 e. The van der Waals surface area contributed by atoms with Crippen LogP contribution in [0.1, 0.15) is 57.2 Å². The summed E-state index contributed by atoms with van der Waals surface area (Å²) >= 11 is 0. The smallest absolute Gasteiger partial charge is 0.307 e. The minimum absolute atomic E-state index is 0.0160. The van der Waals surface area contributed by atoms with Crippen molar-refractivity contribution >= 4 is 22.9 Å². The fourth-order valence-corrected chi connectivity index (χ4v) is 8.18. The van der Waals surface area contributed by atoms with E-state index in [-0.39, 0.29) is 13.0 Å². The summed E-state index contributed by atoms with van der Waals surface area (Å²) in [6.07, 6.45) is 3.50. The predicted octanol–water partition coefficient (Wildman–Crippen LogP) is 10.9. The number of fused-ring (bicyclic) bond motifs is 1. The Hall–Kier alpha value is -6.13. The number of ether oxygens (including phenoxy) is 5. The molecule has 8 nitrogen and oxygen atoms in total. The van der Waals surface area contributed by atoms with E-state index in [2.05, 4.69) is 96.6 Å². The summed E-state index contributed by atoms with van der Waals surface area (Å²) in [5.74, 6) is -0.852. The van der Waals surface area contributed by atoms with Gasteiger partial charge in [-0.25, -0.2) is 0 Å². The molecule has 8 heteroatoms. The minimum Gasteiger partial charge on any atom is -0.481 e. The average Bonchev–Trinajstić information content (AvgIpc) is 3.67. The first-order valence-electron chi connectivity index (χ1n) is 21.3. The molecule has 6 aromatic carbocycles. The van der Waals surface area contributed by atoms with Crippen molar-refractivity contribution in [3.8, 4) is 0 Å². The van der Waals surface area contributed by atoms with Crippen molar-refractivity contribution < 1.29 is 33.6 Å². The SMILES string of the molecule is Cc1cccc2c1c(Cc1ccc(C=CCC(=O)O)cc1)cn2[C@@H]1O[C@H](COCc2ccccc2)[C@@H](OCc2ccccc2)[C@H](OCc2ccccc2)[C@H]1OCc1ccccc1. The molecule has 1 saturated heterocycles. The van der Waals surface area contributed by atoms with E-state index in [9.17, 15) is 4.79 Å². The number of aromatic nitrogens is 1. The number of hydrogen-bond acceptors (Lipinski definition) is 6. The second kappa shape index (κ2) is 21.1. The Bertz CT molecular complexity index is 2490. The lowest BCUT2D eigenvalue weighted by Crippen LogP contribution is -2.59. The highest BCUT2D eigenvalue weighted by atomic mass is 16.6. The van der Waals surface area contributed by atoms with Crippen molar-refractivity contribution in [3.05, 3.63) is 221 Å². The maximum absolute atomic E-state index is 11.1. The lowest BCUT2D eigenvalue weighted by atomic mass is 9.96. The van der Waals surface area contributed by atoms with Gasteiger partial charge in [0.1, 0.15) is 24.4 Å². The van der Waals surface area contributed by atoms with E-state index in [0.29, 0.717) is 32.8 Å². The molecular weight excluding hydrogens is 775 g/mol. The van der Waals surface area contributed by atoms with Crippen LogP contribution in [0.25, 0.3) is 17.0 Å². The van der Waals surface area contributed by atoms with Gasteiger partial charge in [-0.15, -0.1) is 0 Å². The molecular formula is C54H53NO7. The number of aryl methyl sites for hydroxylation is 1. The molecule has 5 atom stereocenters. The molecule has 62 heavy (non-hydrogen) atoms. The van der Waals surface area contributed by atoms with Gasteiger partial charge in [0, 0.05) is 11.6 Å². The first kappa shape index (κ1) is 42.6. The van der Waals surface area contributed by atoms with Crippen molar-refractivity contribution in [1.82, 2.24) is 4.57 Å². The van der Waals surface area contributed by atoms with Gasteiger partial charge in [-0.3, -0.25) is 4.79 Å². The van der Waals surface area contributed by atoms with Crippen molar-refractivity contribution in [3.63, 3.8) is 0 Å². The summed E-state index contributed by atoms with van der Waals surface area (Å²) in [4.78, 5) is 11.1. The van der Waals surface area contributed by atoms with Gasteiger partial charge in [-0.05, 0) is 63.9 Å². The van der Waals surface area contributed by atoms with Gasteiger partial charge in [0.2, 0.25) is 0 Å². The monoisotopic (exact) mass is 827 g/mol. The van der Waals surface area contributed by atoms with Crippen molar-refractivity contribution in [2.75, 3.05) is 6.61 Å². The van der Waals surface area contributed by atoms with Gasteiger partial charge < -0.3 is 33.4 Å². The third kappa shape index (κ3) is 11.0. The van der Waals surface area contributed by atoms with Crippen LogP contribution in [0.4, 0.5) is 0 Å². The molecule has 1 aliphatic heterocycles. The fourth-order valence-electron chi connectivity index (χ4n) is 8.18. The van der Waals surface area contributed by atoms with Gasteiger partial charge in [0.25, 0.3) is 0 Å². The molecule has 0 aliphatic carbocycles. The Balaban J connectivity index is 1.19. The van der Waals surface area contributed by atoms with Gasteiger partial charge in [-0.1, -0.05) is 170 Å². The number of carbonyl (C=O) groups is 1. The minimum atomic E-state index is -0.852. The van der Waals surface area contributed by atoms with Crippen LogP contribution in [0.3, 0.4) is 0 Å². The largest absolute Gasteiger partial charge is 0.481 e. The van der Waals surface area contributed by atoms with Crippen LogP contribution < -0.4 is 0 Å². The maximum atomic E-state index is 11.1. The molecule has 1 fully saturated rings. The molecule has 1 aromatic heterocycles. The van der Waals surface area contributed by atoms with Crippen LogP contribution >= 0.6 is 0 Å². The highest BCUT2D eigenvalue weighted by Gasteiger charge is 2.49. The molecule has 0 unspecified atom stereocenters. The van der Waals surface area contributed by atoms with Gasteiger partial charge in [0.15, 0.2) is 6.23 Å². The Morgan fingerprint density at radius 1 is 0.613 bits per heavy atom. The molecule has 1 aliphatic rings. The van der Waals surface area contributed by atoms with Gasteiger partial charge in [0.05, 0.1) is 45.0 Å². The number of nitrogens with zero attached hydrogens (tertiary/aromatic N) is 1. The number of carboxylic acid groups (broad SMARTS) is 1. The number of benzene rings is 6. The molecule has 7 aromatic rings. The van der Waals surface area contributed by atoms with Crippen LogP contribution in [0.15, 0.2) is 176 Å². The zero-order valence-corrected chi connectivity index (χ0v) is 35.0. The number of carboxylic acids is 1. The quantitative estimate of drug-likeness (QED) is 0.0868. The van der Waals surface area contributed by atoms with Gasteiger partial charge >= 0.3 is 5.97 Å². The normalized spacial score (nSPS) is 19.0.